The average Bonchev–Trinajstić information content (AvgIpc) is 3.07. The first-order chi connectivity index (χ1) is 17.2. The minimum absolute atomic E-state index is 0.00259. The molecule has 4 rings (SSSR count). The lowest BCUT2D eigenvalue weighted by Crippen LogP contribution is -2.54. The van der Waals surface area contributed by atoms with Crippen molar-refractivity contribution >= 4 is 29.3 Å². The number of hydrazine groups is 1. The van der Waals surface area contributed by atoms with Crippen LogP contribution in [0.25, 0.3) is 0 Å². The zero-order valence-electron chi connectivity index (χ0n) is 20.4. The van der Waals surface area contributed by atoms with E-state index in [2.05, 4.69) is 10.7 Å². The lowest BCUT2D eigenvalue weighted by molar-refractivity contribution is -0.139. The number of ketones is 1. The van der Waals surface area contributed by atoms with Crippen LogP contribution < -0.4 is 15.6 Å². The van der Waals surface area contributed by atoms with Gasteiger partial charge in [0.25, 0.3) is 11.8 Å². The number of imide groups is 1. The van der Waals surface area contributed by atoms with E-state index < -0.39 is 29.2 Å². The predicted octanol–water partition coefficient (Wildman–Crippen LogP) is 2.12. The number of nitrogens with zero attached hydrogens (tertiary/aromatic N) is 3. The molecule has 190 valence electrons. The van der Waals surface area contributed by atoms with Gasteiger partial charge in [-0.05, 0) is 50.5 Å². The Balaban J connectivity index is 1.27. The molecule has 0 bridgehead atoms. The van der Waals surface area contributed by atoms with Crippen molar-refractivity contribution in [3.63, 3.8) is 0 Å². The first-order valence-electron chi connectivity index (χ1n) is 11.9. The van der Waals surface area contributed by atoms with Crippen molar-refractivity contribution in [3.05, 3.63) is 65.5 Å². The van der Waals surface area contributed by atoms with E-state index in [4.69, 9.17) is 0 Å². The van der Waals surface area contributed by atoms with Crippen molar-refractivity contribution in [2.24, 2.45) is 0 Å². The summed E-state index contributed by atoms with van der Waals surface area (Å²) in [5.41, 5.74) is 3.12. The number of nitrogens with one attached hydrogen (secondary N) is 2. The summed E-state index contributed by atoms with van der Waals surface area (Å²) in [7, 11) is 0. The van der Waals surface area contributed by atoms with Crippen molar-refractivity contribution < 1.29 is 23.6 Å². The number of Topliss-reactive ketones (excluding diaryl/α,β-unsaturated/α-hetero) is 1. The fraction of sp³-hybridized carbons (Fsp3) is 0.385. The standard InChI is InChI=1S/C26H30FN5O4/c1-18(33)20-8-9-22(21(27)16-20)31-14-12-30(13-15-31)17-23(34)29-32-24(35)26(2,28-25(32)36)11-10-19-6-4-3-5-7-19/h3-9,16H,10-15,17H2,1-2H3,(H,28,36)(H,29,34). The van der Waals surface area contributed by atoms with Gasteiger partial charge in [-0.3, -0.25) is 24.7 Å². The SMILES string of the molecule is CC(=O)c1ccc(N2CCN(CC(=O)NN3C(=O)NC(C)(CCc4ccccc4)C3=O)CC2)c(F)c1. The van der Waals surface area contributed by atoms with Crippen molar-refractivity contribution in [1.29, 1.82) is 0 Å². The van der Waals surface area contributed by atoms with E-state index in [0.29, 0.717) is 50.3 Å². The fourth-order valence-electron chi connectivity index (χ4n) is 4.49. The van der Waals surface area contributed by atoms with Crippen LogP contribution in [0.4, 0.5) is 14.9 Å². The fourth-order valence-corrected chi connectivity index (χ4v) is 4.49. The molecule has 1 atom stereocenters. The zero-order valence-corrected chi connectivity index (χ0v) is 20.4. The van der Waals surface area contributed by atoms with Crippen LogP contribution in [0.15, 0.2) is 48.5 Å². The molecule has 9 nitrogen and oxygen atoms in total. The lowest BCUT2D eigenvalue weighted by Gasteiger charge is -2.36. The molecule has 2 aromatic rings. The van der Waals surface area contributed by atoms with Crippen LogP contribution in [0, 0.1) is 5.82 Å². The highest BCUT2D eigenvalue weighted by Gasteiger charge is 2.48. The molecule has 0 radical (unpaired) electrons. The van der Waals surface area contributed by atoms with Crippen LogP contribution in [-0.2, 0) is 16.0 Å². The molecule has 2 aliphatic heterocycles. The van der Waals surface area contributed by atoms with E-state index in [-0.39, 0.29) is 12.3 Å². The van der Waals surface area contributed by atoms with Crippen molar-refractivity contribution in [2.75, 3.05) is 37.6 Å². The van der Waals surface area contributed by atoms with Crippen LogP contribution in [0.1, 0.15) is 36.2 Å². The molecule has 2 aromatic carbocycles. The number of aryl methyl sites for hydroxylation is 1. The normalized spacial score (nSPS) is 20.4. The third-order valence-electron chi connectivity index (χ3n) is 6.69. The van der Waals surface area contributed by atoms with Crippen LogP contribution in [0.2, 0.25) is 0 Å². The number of rotatable bonds is 8. The van der Waals surface area contributed by atoms with Crippen LogP contribution in [0.3, 0.4) is 0 Å². The Morgan fingerprint density at radius 1 is 1.06 bits per heavy atom. The highest BCUT2D eigenvalue weighted by atomic mass is 19.1. The van der Waals surface area contributed by atoms with E-state index in [1.807, 2.05) is 40.1 Å². The summed E-state index contributed by atoms with van der Waals surface area (Å²) < 4.78 is 14.5. The summed E-state index contributed by atoms with van der Waals surface area (Å²) in [6.45, 7) is 5.02. The summed E-state index contributed by atoms with van der Waals surface area (Å²) in [5.74, 6) is -1.62. The molecule has 2 heterocycles. The third-order valence-corrected chi connectivity index (χ3v) is 6.69. The monoisotopic (exact) mass is 495 g/mol. The molecule has 0 saturated carbocycles. The maximum absolute atomic E-state index is 14.5. The van der Waals surface area contributed by atoms with Gasteiger partial charge in [-0.2, -0.15) is 5.01 Å². The Morgan fingerprint density at radius 3 is 2.39 bits per heavy atom. The van der Waals surface area contributed by atoms with E-state index >= 15 is 0 Å². The Bertz CT molecular complexity index is 1170. The predicted molar refractivity (Wildman–Crippen MR) is 132 cm³/mol. The van der Waals surface area contributed by atoms with Gasteiger partial charge in [0.15, 0.2) is 5.78 Å². The second-order valence-corrected chi connectivity index (χ2v) is 9.41. The number of piperazine rings is 1. The van der Waals surface area contributed by atoms with E-state index in [1.165, 1.54) is 13.0 Å². The van der Waals surface area contributed by atoms with Crippen molar-refractivity contribution in [1.82, 2.24) is 20.7 Å². The molecule has 2 fully saturated rings. The molecule has 10 heteroatoms. The summed E-state index contributed by atoms with van der Waals surface area (Å²) >= 11 is 0. The van der Waals surface area contributed by atoms with Gasteiger partial charge in [-0.15, -0.1) is 0 Å². The van der Waals surface area contributed by atoms with Gasteiger partial charge in [-0.1, -0.05) is 30.3 Å². The molecule has 0 aliphatic carbocycles. The number of hydrogen-bond acceptors (Lipinski definition) is 6. The summed E-state index contributed by atoms with van der Waals surface area (Å²) in [6, 6.07) is 13.4. The molecule has 4 amide bonds. The number of hydrogen-bond donors (Lipinski definition) is 2. The average molecular weight is 496 g/mol. The highest BCUT2D eigenvalue weighted by molar-refractivity contribution is 6.07. The van der Waals surface area contributed by atoms with Gasteiger partial charge in [0.2, 0.25) is 0 Å². The van der Waals surface area contributed by atoms with Crippen LogP contribution in [-0.4, -0.2) is 71.8 Å². The number of anilines is 1. The van der Waals surface area contributed by atoms with Crippen LogP contribution in [0.5, 0.6) is 0 Å². The van der Waals surface area contributed by atoms with E-state index in [9.17, 15) is 23.6 Å². The van der Waals surface area contributed by atoms with Crippen molar-refractivity contribution in [3.8, 4) is 0 Å². The van der Waals surface area contributed by atoms with Crippen LogP contribution >= 0.6 is 0 Å². The minimum Gasteiger partial charge on any atom is -0.367 e. The number of urea groups is 1. The first-order valence-corrected chi connectivity index (χ1v) is 11.9. The van der Waals surface area contributed by atoms with E-state index in [1.54, 1.807) is 19.1 Å². The van der Waals surface area contributed by atoms with Gasteiger partial charge < -0.3 is 10.2 Å². The number of amides is 4. The van der Waals surface area contributed by atoms with Gasteiger partial charge in [-0.25, -0.2) is 9.18 Å². The Kier molecular flexibility index (Phi) is 7.35. The molecule has 0 aromatic heterocycles. The summed E-state index contributed by atoms with van der Waals surface area (Å²) in [4.78, 5) is 53.2. The largest absolute Gasteiger partial charge is 0.367 e. The Labute approximate surface area is 209 Å². The topological polar surface area (TPSA) is 102 Å². The van der Waals surface area contributed by atoms with Gasteiger partial charge in [0, 0.05) is 31.7 Å². The maximum Gasteiger partial charge on any atom is 0.344 e. The lowest BCUT2D eigenvalue weighted by atomic mass is 9.93. The smallest absolute Gasteiger partial charge is 0.344 e. The minimum atomic E-state index is -1.10. The highest BCUT2D eigenvalue weighted by Crippen LogP contribution is 2.23. The second-order valence-electron chi connectivity index (χ2n) is 9.41. The van der Waals surface area contributed by atoms with Gasteiger partial charge >= 0.3 is 6.03 Å². The number of halogens is 1. The number of carbonyl (C=O) groups excluding carboxylic acids is 4. The Morgan fingerprint density at radius 2 is 1.75 bits per heavy atom. The zero-order chi connectivity index (χ0) is 25.9. The molecule has 1 unspecified atom stereocenters. The second kappa shape index (κ2) is 10.4. The molecule has 2 saturated heterocycles. The van der Waals surface area contributed by atoms with E-state index in [0.717, 1.165) is 10.6 Å². The van der Waals surface area contributed by atoms with Crippen molar-refractivity contribution in [2.45, 2.75) is 32.2 Å². The molecule has 0 spiro atoms. The molecular weight excluding hydrogens is 465 g/mol. The third kappa shape index (κ3) is 5.54. The number of carbonyl (C=O) groups is 4. The molecule has 2 N–H and O–H groups in total. The quantitative estimate of drug-likeness (QED) is 0.430. The number of benzene rings is 2. The molecule has 36 heavy (non-hydrogen) atoms. The molecular formula is C26H30FN5O4. The Hall–Kier alpha value is -3.79. The summed E-state index contributed by atoms with van der Waals surface area (Å²) in [6.07, 6.45) is 1.01. The summed E-state index contributed by atoms with van der Waals surface area (Å²) in [5, 5.41) is 3.45. The first kappa shape index (κ1) is 25.3. The van der Waals surface area contributed by atoms with Gasteiger partial charge in [0.05, 0.1) is 12.2 Å². The van der Waals surface area contributed by atoms with Gasteiger partial charge in [0.1, 0.15) is 11.4 Å². The molecule has 2 aliphatic rings. The maximum atomic E-state index is 14.5.